The summed E-state index contributed by atoms with van der Waals surface area (Å²) in [6.45, 7) is 3.53. The van der Waals surface area contributed by atoms with Crippen molar-refractivity contribution in [1.29, 1.82) is 0 Å². The van der Waals surface area contributed by atoms with Gasteiger partial charge in [-0.25, -0.2) is 9.37 Å². The van der Waals surface area contributed by atoms with Crippen LogP contribution in [0.1, 0.15) is 22.8 Å². The number of benzene rings is 2. The zero-order chi connectivity index (χ0) is 21.4. The van der Waals surface area contributed by atoms with Crippen molar-refractivity contribution < 1.29 is 14.3 Å². The molecule has 2 N–H and O–H groups in total. The van der Waals surface area contributed by atoms with Crippen LogP contribution in [-0.2, 0) is 0 Å². The minimum absolute atomic E-state index is 0.0581. The number of aromatic nitrogens is 2. The van der Waals surface area contributed by atoms with Crippen LogP contribution in [0.5, 0.6) is 0 Å². The van der Waals surface area contributed by atoms with Gasteiger partial charge in [0.2, 0.25) is 0 Å². The highest BCUT2D eigenvalue weighted by molar-refractivity contribution is 6.07. The lowest BCUT2D eigenvalue weighted by molar-refractivity contribution is 0.0925. The predicted octanol–water partition coefficient (Wildman–Crippen LogP) is 3.10. The number of amides is 1. The van der Waals surface area contributed by atoms with Crippen molar-refractivity contribution >= 4 is 27.7 Å². The van der Waals surface area contributed by atoms with E-state index in [0.717, 1.165) is 10.9 Å². The molecule has 0 spiro atoms. The number of aliphatic hydroxyl groups is 1. The summed E-state index contributed by atoms with van der Waals surface area (Å²) in [6, 6.07) is 12.8. The molecule has 0 saturated heterocycles. The molecule has 4 aromatic rings. The van der Waals surface area contributed by atoms with Crippen LogP contribution < -0.4 is 10.9 Å². The van der Waals surface area contributed by atoms with E-state index in [9.17, 15) is 19.1 Å². The second-order valence-corrected chi connectivity index (χ2v) is 7.28. The van der Waals surface area contributed by atoms with Crippen molar-refractivity contribution in [1.82, 2.24) is 14.9 Å². The highest BCUT2D eigenvalue weighted by Gasteiger charge is 2.18. The SMILES string of the molecule is Cc1cccc2cc3c(=O)n(-c4ccc(F)cc4)cc(C(=O)NCC(C)O)c3nc12. The van der Waals surface area contributed by atoms with Crippen molar-refractivity contribution in [2.24, 2.45) is 0 Å². The number of halogens is 1. The van der Waals surface area contributed by atoms with E-state index in [1.807, 2.05) is 25.1 Å². The van der Waals surface area contributed by atoms with E-state index in [-0.39, 0.29) is 28.6 Å². The quantitative estimate of drug-likeness (QED) is 0.511. The fourth-order valence-electron chi connectivity index (χ4n) is 3.39. The molecule has 2 heterocycles. The maximum absolute atomic E-state index is 13.4. The fraction of sp³-hybridized carbons (Fsp3) is 0.174. The van der Waals surface area contributed by atoms with Crippen LogP contribution in [0.25, 0.3) is 27.5 Å². The van der Waals surface area contributed by atoms with Crippen molar-refractivity contribution in [3.63, 3.8) is 0 Å². The number of aryl methyl sites for hydroxylation is 1. The third kappa shape index (κ3) is 3.55. The normalized spacial score (nSPS) is 12.3. The molecule has 2 aromatic heterocycles. The topological polar surface area (TPSA) is 84.2 Å². The number of para-hydroxylation sites is 1. The average molecular weight is 405 g/mol. The first-order valence-electron chi connectivity index (χ1n) is 9.53. The molecule has 0 bridgehead atoms. The van der Waals surface area contributed by atoms with Crippen molar-refractivity contribution in [3.05, 3.63) is 82.0 Å². The highest BCUT2D eigenvalue weighted by Crippen LogP contribution is 2.23. The molecule has 0 aliphatic carbocycles. The molecule has 6 nitrogen and oxygen atoms in total. The van der Waals surface area contributed by atoms with Crippen LogP contribution in [0.15, 0.2) is 59.5 Å². The third-order valence-electron chi connectivity index (χ3n) is 4.92. The first kappa shape index (κ1) is 19.7. The van der Waals surface area contributed by atoms with E-state index < -0.39 is 17.8 Å². The standard InChI is InChI=1S/C23H20FN3O3/c1-13-4-3-5-15-10-18-21(26-20(13)15)19(22(29)25-11-14(2)28)12-27(23(18)30)17-8-6-16(24)7-9-17/h3-10,12,14,28H,11H2,1-2H3,(H,25,29). The summed E-state index contributed by atoms with van der Waals surface area (Å²) >= 11 is 0. The zero-order valence-corrected chi connectivity index (χ0v) is 16.5. The van der Waals surface area contributed by atoms with Gasteiger partial charge in [0.15, 0.2) is 0 Å². The highest BCUT2D eigenvalue weighted by atomic mass is 19.1. The molecule has 0 aliphatic heterocycles. The Bertz CT molecular complexity index is 1330. The Labute approximate surface area is 171 Å². The number of nitrogens with one attached hydrogen (secondary N) is 1. The van der Waals surface area contributed by atoms with E-state index in [1.165, 1.54) is 35.0 Å². The third-order valence-corrected chi connectivity index (χ3v) is 4.92. The molecular formula is C23H20FN3O3. The Morgan fingerprint density at radius 1 is 1.20 bits per heavy atom. The first-order valence-corrected chi connectivity index (χ1v) is 9.53. The van der Waals surface area contributed by atoms with Gasteiger partial charge in [-0.3, -0.25) is 14.2 Å². The van der Waals surface area contributed by atoms with Gasteiger partial charge < -0.3 is 10.4 Å². The lowest BCUT2D eigenvalue weighted by Gasteiger charge is -2.14. The summed E-state index contributed by atoms with van der Waals surface area (Å²) in [4.78, 5) is 30.8. The van der Waals surface area contributed by atoms with Gasteiger partial charge >= 0.3 is 0 Å². The second kappa shape index (κ2) is 7.68. The van der Waals surface area contributed by atoms with Gasteiger partial charge in [-0.1, -0.05) is 18.2 Å². The minimum Gasteiger partial charge on any atom is -0.392 e. The number of aliphatic hydroxyl groups excluding tert-OH is 1. The maximum atomic E-state index is 13.4. The van der Waals surface area contributed by atoms with E-state index in [1.54, 1.807) is 13.0 Å². The summed E-state index contributed by atoms with van der Waals surface area (Å²) in [5.74, 6) is -0.886. The molecule has 7 heteroatoms. The molecule has 0 radical (unpaired) electrons. The molecule has 2 aromatic carbocycles. The van der Waals surface area contributed by atoms with Crippen LogP contribution in [0.4, 0.5) is 4.39 Å². The predicted molar refractivity (Wildman–Crippen MR) is 114 cm³/mol. The number of carbonyl (C=O) groups excluding carboxylic acids is 1. The van der Waals surface area contributed by atoms with Crippen LogP contribution in [0.3, 0.4) is 0 Å². The molecular weight excluding hydrogens is 385 g/mol. The minimum atomic E-state index is -0.723. The van der Waals surface area contributed by atoms with E-state index >= 15 is 0 Å². The monoisotopic (exact) mass is 405 g/mol. The average Bonchev–Trinajstić information content (AvgIpc) is 2.73. The molecule has 0 aliphatic rings. The van der Waals surface area contributed by atoms with Crippen LogP contribution in [-0.4, -0.2) is 33.2 Å². The molecule has 4 rings (SSSR count). The van der Waals surface area contributed by atoms with Gasteiger partial charge in [0.1, 0.15) is 5.82 Å². The number of pyridine rings is 2. The second-order valence-electron chi connectivity index (χ2n) is 7.28. The largest absolute Gasteiger partial charge is 0.392 e. The Morgan fingerprint density at radius 2 is 1.93 bits per heavy atom. The summed E-state index contributed by atoms with van der Waals surface area (Å²) in [5, 5.41) is 13.2. The number of carbonyl (C=O) groups is 1. The molecule has 1 unspecified atom stereocenters. The summed E-state index contributed by atoms with van der Waals surface area (Å²) < 4.78 is 14.7. The molecule has 0 fully saturated rings. The van der Waals surface area contributed by atoms with Gasteiger partial charge in [0.25, 0.3) is 11.5 Å². The number of rotatable bonds is 4. The maximum Gasteiger partial charge on any atom is 0.264 e. The van der Waals surface area contributed by atoms with Gasteiger partial charge in [0, 0.05) is 23.8 Å². The Morgan fingerprint density at radius 3 is 2.63 bits per heavy atom. The van der Waals surface area contributed by atoms with E-state index in [4.69, 9.17) is 0 Å². The van der Waals surface area contributed by atoms with E-state index in [2.05, 4.69) is 10.3 Å². The Kier molecular flexibility index (Phi) is 5.05. The Hall–Kier alpha value is -3.58. The molecule has 1 atom stereocenters. The molecule has 1 amide bonds. The summed E-state index contributed by atoms with van der Waals surface area (Å²) in [5.41, 5.74) is 2.17. The first-order chi connectivity index (χ1) is 14.3. The molecule has 152 valence electrons. The van der Waals surface area contributed by atoms with E-state index in [0.29, 0.717) is 11.2 Å². The zero-order valence-electron chi connectivity index (χ0n) is 16.5. The van der Waals surface area contributed by atoms with Crippen LogP contribution in [0.2, 0.25) is 0 Å². The van der Waals surface area contributed by atoms with Gasteiger partial charge in [-0.2, -0.15) is 0 Å². The van der Waals surface area contributed by atoms with Crippen molar-refractivity contribution in [2.45, 2.75) is 20.0 Å². The van der Waals surface area contributed by atoms with Crippen molar-refractivity contribution in [3.8, 4) is 5.69 Å². The number of hydrogen-bond acceptors (Lipinski definition) is 4. The summed E-state index contributed by atoms with van der Waals surface area (Å²) in [7, 11) is 0. The van der Waals surface area contributed by atoms with Gasteiger partial charge in [-0.15, -0.1) is 0 Å². The van der Waals surface area contributed by atoms with Gasteiger partial charge in [0.05, 0.1) is 28.1 Å². The lowest BCUT2D eigenvalue weighted by atomic mass is 10.1. The van der Waals surface area contributed by atoms with Crippen LogP contribution in [0, 0.1) is 12.7 Å². The Balaban J connectivity index is 2.03. The lowest BCUT2D eigenvalue weighted by Crippen LogP contribution is -2.32. The summed E-state index contributed by atoms with van der Waals surface area (Å²) in [6.07, 6.45) is 0.686. The van der Waals surface area contributed by atoms with Crippen LogP contribution >= 0.6 is 0 Å². The molecule has 30 heavy (non-hydrogen) atoms. The van der Waals surface area contributed by atoms with Crippen molar-refractivity contribution in [2.75, 3.05) is 6.54 Å². The number of nitrogens with zero attached hydrogens (tertiary/aromatic N) is 2. The number of fused-ring (bicyclic) bond motifs is 2. The fourth-order valence-corrected chi connectivity index (χ4v) is 3.39. The smallest absolute Gasteiger partial charge is 0.264 e. The van der Waals surface area contributed by atoms with Gasteiger partial charge in [-0.05, 0) is 49.7 Å². The molecule has 0 saturated carbocycles. The number of hydrogen-bond donors (Lipinski definition) is 2.